The molecule has 230 valence electrons. The van der Waals surface area contributed by atoms with Gasteiger partial charge < -0.3 is 20.5 Å². The van der Waals surface area contributed by atoms with Gasteiger partial charge in [0, 0.05) is 24.4 Å². The number of aromatic nitrogens is 3. The summed E-state index contributed by atoms with van der Waals surface area (Å²) in [5.74, 6) is -2.06. The minimum absolute atomic E-state index is 0.0399. The van der Waals surface area contributed by atoms with Gasteiger partial charge in [0.05, 0.1) is 16.8 Å². The molecular formula is C28H30F3N5O6S. The molecule has 1 aliphatic carbocycles. The first-order chi connectivity index (χ1) is 19.9. The van der Waals surface area contributed by atoms with Crippen LogP contribution in [-0.4, -0.2) is 64.9 Å². The van der Waals surface area contributed by atoms with Crippen LogP contribution < -0.4 is 15.4 Å². The number of amides is 2. The smallest absolute Gasteiger partial charge is 0.422 e. The average Bonchev–Trinajstić information content (AvgIpc) is 3.23. The first-order valence-corrected chi connectivity index (χ1v) is 15.4. The van der Waals surface area contributed by atoms with Crippen LogP contribution in [0.5, 0.6) is 5.75 Å². The highest BCUT2D eigenvalue weighted by atomic mass is 32.2. The quantitative estimate of drug-likeness (QED) is 0.364. The number of sulfone groups is 1. The molecule has 1 spiro atoms. The molecule has 2 amide bonds. The van der Waals surface area contributed by atoms with E-state index in [1.54, 1.807) is 38.1 Å². The lowest BCUT2D eigenvalue weighted by Gasteiger charge is -2.42. The number of nitrogens with one attached hydrogen (secondary N) is 2. The zero-order chi connectivity index (χ0) is 31.4. The predicted molar refractivity (Wildman–Crippen MR) is 149 cm³/mol. The van der Waals surface area contributed by atoms with Crippen LogP contribution in [-0.2, 0) is 38.6 Å². The number of pyridine rings is 1. The van der Waals surface area contributed by atoms with Crippen molar-refractivity contribution in [1.29, 1.82) is 0 Å². The lowest BCUT2D eigenvalue weighted by molar-refractivity contribution is -0.153. The van der Waals surface area contributed by atoms with Gasteiger partial charge in [-0.2, -0.15) is 23.0 Å². The molecule has 3 heterocycles. The molecule has 43 heavy (non-hydrogen) atoms. The first-order valence-electron chi connectivity index (χ1n) is 13.4. The molecule has 0 bridgehead atoms. The number of rotatable bonds is 7. The molecule has 5 rings (SSSR count). The zero-order valence-corrected chi connectivity index (χ0v) is 24.4. The second-order valence-electron chi connectivity index (χ2n) is 11.5. The molecular weight excluding hydrogens is 591 g/mol. The molecule has 1 atom stereocenters. The highest BCUT2D eigenvalue weighted by molar-refractivity contribution is 7.91. The van der Waals surface area contributed by atoms with E-state index in [1.165, 1.54) is 16.9 Å². The number of halogens is 3. The number of hydrogen-bond donors (Lipinski definition) is 3. The summed E-state index contributed by atoms with van der Waals surface area (Å²) in [6.07, 6.45) is -0.238. The van der Waals surface area contributed by atoms with Crippen molar-refractivity contribution >= 4 is 27.5 Å². The van der Waals surface area contributed by atoms with Crippen molar-refractivity contribution in [1.82, 2.24) is 20.1 Å². The van der Waals surface area contributed by atoms with Crippen LogP contribution in [0.2, 0.25) is 0 Å². The number of ether oxygens (including phenoxy) is 1. The van der Waals surface area contributed by atoms with E-state index in [4.69, 9.17) is 4.74 Å². The van der Waals surface area contributed by atoms with Gasteiger partial charge in [0.15, 0.2) is 28.1 Å². The molecule has 3 N–H and O–H groups in total. The fraction of sp³-hybridized carbons (Fsp3) is 0.429. The van der Waals surface area contributed by atoms with Gasteiger partial charge in [0.1, 0.15) is 17.1 Å². The van der Waals surface area contributed by atoms with Crippen molar-refractivity contribution in [3.05, 3.63) is 64.5 Å². The maximum atomic E-state index is 13.7. The lowest BCUT2D eigenvalue weighted by Crippen LogP contribution is -2.52. The highest BCUT2D eigenvalue weighted by Crippen LogP contribution is 2.43. The summed E-state index contributed by atoms with van der Waals surface area (Å²) in [5, 5.41) is 20.5. The van der Waals surface area contributed by atoms with Crippen LogP contribution in [0, 0.1) is 0 Å². The Balaban J connectivity index is 1.55. The van der Waals surface area contributed by atoms with Gasteiger partial charge in [-0.25, -0.2) is 13.4 Å². The van der Waals surface area contributed by atoms with E-state index in [1.807, 2.05) is 0 Å². The Morgan fingerprint density at radius 3 is 2.60 bits per heavy atom. The van der Waals surface area contributed by atoms with Crippen LogP contribution in [0.3, 0.4) is 0 Å². The van der Waals surface area contributed by atoms with E-state index in [9.17, 15) is 36.3 Å². The third kappa shape index (κ3) is 6.51. The van der Waals surface area contributed by atoms with E-state index >= 15 is 0 Å². The number of fused-ring (bicyclic) bond motifs is 3. The van der Waals surface area contributed by atoms with E-state index in [2.05, 4.69) is 20.7 Å². The fourth-order valence-corrected chi connectivity index (χ4v) is 6.07. The Bertz CT molecular complexity index is 1700. The summed E-state index contributed by atoms with van der Waals surface area (Å²) in [6, 6.07) is 7.79. The number of anilines is 1. The number of nitrogens with zero attached hydrogens (tertiary/aromatic N) is 3. The summed E-state index contributed by atoms with van der Waals surface area (Å²) in [4.78, 5) is 30.8. The molecule has 3 aromatic rings. The standard InChI is InChI=1S/C28H30F3N5O6S/c1-26(2,39)17-6-9-21(32-13-17)36-24(33-22(37)14-43(3,40)41)23-20(35-36)12-27(34-25(23)38)10-4-5-16-11-18(7-8-19(16)27)42-15-28(29,30)31/h6-9,11,13,39H,4-5,10,12,14-15H2,1-3H3,(H,33,37)(H,34,38)/t27-/m0/s1. The third-order valence-electron chi connectivity index (χ3n) is 7.37. The van der Waals surface area contributed by atoms with Crippen molar-refractivity contribution in [2.75, 3.05) is 23.9 Å². The summed E-state index contributed by atoms with van der Waals surface area (Å²) >= 11 is 0. The summed E-state index contributed by atoms with van der Waals surface area (Å²) in [6.45, 7) is 1.75. The minimum atomic E-state index is -4.48. The number of aryl methyl sites for hydroxylation is 1. The van der Waals surface area contributed by atoms with Gasteiger partial charge in [-0.1, -0.05) is 12.1 Å². The Morgan fingerprint density at radius 2 is 1.98 bits per heavy atom. The predicted octanol–water partition coefficient (Wildman–Crippen LogP) is 2.94. The minimum Gasteiger partial charge on any atom is -0.484 e. The third-order valence-corrected chi connectivity index (χ3v) is 8.16. The molecule has 0 saturated carbocycles. The summed E-state index contributed by atoms with van der Waals surface area (Å²) in [5.41, 5.74) is 0.215. The highest BCUT2D eigenvalue weighted by Gasteiger charge is 2.45. The molecule has 0 unspecified atom stereocenters. The molecule has 2 aliphatic rings. The molecule has 0 radical (unpaired) electrons. The van der Waals surface area contributed by atoms with Crippen LogP contribution >= 0.6 is 0 Å². The largest absolute Gasteiger partial charge is 0.484 e. The Morgan fingerprint density at radius 1 is 1.23 bits per heavy atom. The number of carbonyl (C=O) groups is 2. The van der Waals surface area contributed by atoms with E-state index in [-0.39, 0.29) is 29.4 Å². The molecule has 1 aliphatic heterocycles. The molecule has 1 aromatic carbocycles. The number of hydrogen-bond acceptors (Lipinski definition) is 8. The average molecular weight is 622 g/mol. The molecule has 15 heteroatoms. The molecule has 11 nitrogen and oxygen atoms in total. The van der Waals surface area contributed by atoms with Crippen molar-refractivity contribution in [3.63, 3.8) is 0 Å². The Labute approximate surface area is 245 Å². The van der Waals surface area contributed by atoms with Gasteiger partial charge >= 0.3 is 6.18 Å². The molecule has 2 aromatic heterocycles. The number of benzene rings is 1. The zero-order valence-electron chi connectivity index (χ0n) is 23.6. The summed E-state index contributed by atoms with van der Waals surface area (Å²) < 4.78 is 67.8. The second-order valence-corrected chi connectivity index (χ2v) is 13.6. The lowest BCUT2D eigenvalue weighted by atomic mass is 9.72. The Kier molecular flexibility index (Phi) is 7.53. The number of aliphatic hydroxyl groups is 1. The van der Waals surface area contributed by atoms with Crippen molar-refractivity contribution in [2.24, 2.45) is 0 Å². The van der Waals surface area contributed by atoms with Crippen LogP contribution in [0.1, 0.15) is 59.4 Å². The topological polar surface area (TPSA) is 153 Å². The second kappa shape index (κ2) is 10.6. The van der Waals surface area contributed by atoms with Crippen molar-refractivity contribution in [2.45, 2.75) is 56.8 Å². The van der Waals surface area contributed by atoms with Crippen LogP contribution in [0.4, 0.5) is 19.0 Å². The van der Waals surface area contributed by atoms with Crippen molar-refractivity contribution in [3.8, 4) is 11.6 Å². The van der Waals surface area contributed by atoms with Crippen molar-refractivity contribution < 1.29 is 41.0 Å². The van der Waals surface area contributed by atoms with Gasteiger partial charge in [0.2, 0.25) is 5.91 Å². The van der Waals surface area contributed by atoms with E-state index in [0.29, 0.717) is 30.5 Å². The maximum Gasteiger partial charge on any atom is 0.422 e. The van der Waals surface area contributed by atoms with Gasteiger partial charge in [0.25, 0.3) is 5.91 Å². The number of carbonyl (C=O) groups excluding carboxylic acids is 2. The van der Waals surface area contributed by atoms with E-state index in [0.717, 1.165) is 17.4 Å². The summed E-state index contributed by atoms with van der Waals surface area (Å²) in [7, 11) is -3.69. The monoisotopic (exact) mass is 621 g/mol. The Hall–Kier alpha value is -3.98. The normalized spacial score (nSPS) is 18.5. The van der Waals surface area contributed by atoms with Crippen LogP contribution in [0.15, 0.2) is 36.5 Å². The fourth-order valence-electron chi connectivity index (χ4n) is 5.52. The first kappa shape index (κ1) is 30.5. The van der Waals surface area contributed by atoms with E-state index < -0.39 is 51.3 Å². The van der Waals surface area contributed by atoms with Gasteiger partial charge in [-0.3, -0.25) is 9.59 Å². The van der Waals surface area contributed by atoms with Gasteiger partial charge in [-0.05, 0) is 62.4 Å². The SMILES string of the molecule is CC(C)(O)c1ccc(-n2nc3c(c2NC(=O)CS(C)(=O)=O)C(=O)N[C@@]2(CCCc4cc(OCC(F)(F)F)ccc42)C3)nc1. The maximum absolute atomic E-state index is 13.7. The number of alkyl halides is 3. The van der Waals surface area contributed by atoms with Gasteiger partial charge in [-0.15, -0.1) is 0 Å². The molecule has 0 saturated heterocycles. The van der Waals surface area contributed by atoms with Crippen LogP contribution in [0.25, 0.3) is 5.82 Å². The molecule has 0 fully saturated rings.